The predicted molar refractivity (Wildman–Crippen MR) is 234 cm³/mol. The van der Waals surface area contributed by atoms with Crippen LogP contribution in [0.2, 0.25) is 0 Å². The van der Waals surface area contributed by atoms with Crippen molar-refractivity contribution in [2.24, 2.45) is 0 Å². The summed E-state index contributed by atoms with van der Waals surface area (Å²) in [6.07, 6.45) is 0. The molecule has 0 fully saturated rings. The van der Waals surface area contributed by atoms with Crippen LogP contribution >= 0.6 is 0 Å². The van der Waals surface area contributed by atoms with E-state index in [0.29, 0.717) is 0 Å². The first-order valence-electron chi connectivity index (χ1n) is 19.5. The molecule has 0 N–H and O–H groups in total. The second-order valence-corrected chi connectivity index (χ2v) is 16.5. The van der Waals surface area contributed by atoms with Gasteiger partial charge in [0.1, 0.15) is 0 Å². The van der Waals surface area contributed by atoms with Gasteiger partial charge in [-0.15, -0.1) is 0 Å². The van der Waals surface area contributed by atoms with Gasteiger partial charge < -0.3 is 4.90 Å². The molecule has 0 aromatic heterocycles. The molecule has 55 heavy (non-hydrogen) atoms. The van der Waals surface area contributed by atoms with Gasteiger partial charge in [-0.05, 0) is 113 Å². The Morgan fingerprint density at radius 1 is 0.364 bits per heavy atom. The van der Waals surface area contributed by atoms with Crippen LogP contribution in [0, 0.1) is 0 Å². The smallest absolute Gasteiger partial charge is 0.0543 e. The second-order valence-electron chi connectivity index (χ2n) is 16.5. The van der Waals surface area contributed by atoms with Gasteiger partial charge in [-0.25, -0.2) is 0 Å². The highest BCUT2D eigenvalue weighted by molar-refractivity contribution is 6.21. The summed E-state index contributed by atoms with van der Waals surface area (Å²) in [4.78, 5) is 2.50. The molecule has 0 saturated carbocycles. The third-order valence-electron chi connectivity index (χ3n) is 12.9. The number of nitrogens with zero attached hydrogens (tertiary/aromatic N) is 1. The van der Waals surface area contributed by atoms with Crippen molar-refractivity contribution >= 4 is 49.4 Å². The average Bonchev–Trinajstić information content (AvgIpc) is 3.60. The Morgan fingerprint density at radius 3 is 1.78 bits per heavy atom. The standard InChI is InChI=1S/C54H41N/c1-53(2)47-20-10-8-17-45(47)52-48(53)21-12-22-50(52)55(38-29-32-43-42-16-7-9-19-46(42)54(3,4)49(43)33-38)37-27-23-35(24-28-37)40-18-11-14-36-26-30-41-39-15-6-5-13-34(39)25-31-44(41)51(36)40/h5-33H,1-4H3. The maximum Gasteiger partial charge on any atom is 0.0543 e. The van der Waals surface area contributed by atoms with Gasteiger partial charge in [-0.1, -0.05) is 173 Å². The summed E-state index contributed by atoms with van der Waals surface area (Å²) in [6, 6.07) is 65.8. The lowest BCUT2D eigenvalue weighted by Crippen LogP contribution is -2.17. The van der Waals surface area contributed by atoms with Gasteiger partial charge in [0.2, 0.25) is 0 Å². The molecule has 2 aliphatic carbocycles. The summed E-state index contributed by atoms with van der Waals surface area (Å²) in [7, 11) is 0. The van der Waals surface area contributed by atoms with Crippen molar-refractivity contribution < 1.29 is 0 Å². The van der Waals surface area contributed by atoms with Crippen molar-refractivity contribution in [3.8, 4) is 33.4 Å². The second kappa shape index (κ2) is 11.5. The fraction of sp³-hybridized carbons (Fsp3) is 0.111. The van der Waals surface area contributed by atoms with E-state index in [1.807, 2.05) is 0 Å². The van der Waals surface area contributed by atoms with Crippen LogP contribution in [-0.4, -0.2) is 0 Å². The third kappa shape index (κ3) is 4.53. The largest absolute Gasteiger partial charge is 0.310 e. The summed E-state index contributed by atoms with van der Waals surface area (Å²) >= 11 is 0. The molecule has 9 aromatic rings. The van der Waals surface area contributed by atoms with E-state index in [1.54, 1.807) is 0 Å². The molecule has 0 saturated heterocycles. The molecule has 0 atom stereocenters. The van der Waals surface area contributed by atoms with Crippen LogP contribution in [-0.2, 0) is 10.8 Å². The highest BCUT2D eigenvalue weighted by atomic mass is 15.1. The molecule has 1 heteroatoms. The minimum Gasteiger partial charge on any atom is -0.310 e. The van der Waals surface area contributed by atoms with E-state index >= 15 is 0 Å². The third-order valence-corrected chi connectivity index (χ3v) is 12.9. The molecular formula is C54H41N. The molecule has 0 aliphatic heterocycles. The van der Waals surface area contributed by atoms with E-state index in [2.05, 4.69) is 209 Å². The Hall–Kier alpha value is -6.44. The summed E-state index contributed by atoms with van der Waals surface area (Å²) in [5.74, 6) is 0. The van der Waals surface area contributed by atoms with Gasteiger partial charge in [0, 0.05) is 27.8 Å². The maximum atomic E-state index is 2.50. The molecule has 0 heterocycles. The Kier molecular flexibility index (Phi) is 6.72. The molecule has 0 bridgehead atoms. The lowest BCUT2D eigenvalue weighted by molar-refractivity contribution is 0.660. The average molecular weight is 704 g/mol. The van der Waals surface area contributed by atoms with Crippen molar-refractivity contribution in [2.75, 3.05) is 4.90 Å². The van der Waals surface area contributed by atoms with Crippen LogP contribution in [0.25, 0.3) is 65.7 Å². The van der Waals surface area contributed by atoms with Gasteiger partial charge in [0.05, 0.1) is 5.69 Å². The molecule has 262 valence electrons. The normalized spacial score (nSPS) is 14.5. The van der Waals surface area contributed by atoms with Gasteiger partial charge in [0.15, 0.2) is 0 Å². The lowest BCUT2D eigenvalue weighted by Gasteiger charge is -2.30. The zero-order valence-electron chi connectivity index (χ0n) is 31.7. The molecular weight excluding hydrogens is 663 g/mol. The van der Waals surface area contributed by atoms with Gasteiger partial charge in [-0.3, -0.25) is 0 Å². The Bertz CT molecular complexity index is 3030. The van der Waals surface area contributed by atoms with Crippen LogP contribution in [0.4, 0.5) is 17.1 Å². The minimum absolute atomic E-state index is 0.0957. The summed E-state index contributed by atoms with van der Waals surface area (Å²) in [5.41, 5.74) is 16.6. The van der Waals surface area contributed by atoms with E-state index in [4.69, 9.17) is 0 Å². The number of hydrogen-bond acceptors (Lipinski definition) is 1. The SMILES string of the molecule is CC1(C)c2ccccc2-c2ccc(N(c3ccc(-c4cccc5ccc6c7ccccc7ccc6c45)cc3)c3cccc4c3-c3ccccc3C4(C)C)cc21. The highest BCUT2D eigenvalue weighted by Gasteiger charge is 2.39. The van der Waals surface area contributed by atoms with Crippen LogP contribution < -0.4 is 4.90 Å². The predicted octanol–water partition coefficient (Wildman–Crippen LogP) is 14.9. The fourth-order valence-electron chi connectivity index (χ4n) is 10.1. The molecule has 2 aliphatic rings. The molecule has 0 unspecified atom stereocenters. The number of rotatable bonds is 4. The summed E-state index contributed by atoms with van der Waals surface area (Å²) in [6.45, 7) is 9.48. The van der Waals surface area contributed by atoms with Crippen LogP contribution in [0.15, 0.2) is 176 Å². The number of anilines is 3. The van der Waals surface area contributed by atoms with Crippen molar-refractivity contribution in [1.82, 2.24) is 0 Å². The lowest BCUT2D eigenvalue weighted by atomic mass is 9.82. The molecule has 0 radical (unpaired) electrons. The summed E-state index contributed by atoms with van der Waals surface area (Å²) in [5, 5.41) is 7.71. The minimum atomic E-state index is -0.104. The zero-order valence-corrected chi connectivity index (χ0v) is 31.7. The molecule has 0 spiro atoms. The summed E-state index contributed by atoms with van der Waals surface area (Å²) < 4.78 is 0. The monoisotopic (exact) mass is 703 g/mol. The van der Waals surface area contributed by atoms with Crippen LogP contribution in [0.3, 0.4) is 0 Å². The maximum absolute atomic E-state index is 2.50. The topological polar surface area (TPSA) is 3.24 Å². The van der Waals surface area contributed by atoms with E-state index in [-0.39, 0.29) is 10.8 Å². The quantitative estimate of drug-likeness (QED) is 0.165. The van der Waals surface area contributed by atoms with Crippen molar-refractivity contribution in [3.63, 3.8) is 0 Å². The number of hydrogen-bond donors (Lipinski definition) is 0. The van der Waals surface area contributed by atoms with Gasteiger partial charge in [0.25, 0.3) is 0 Å². The van der Waals surface area contributed by atoms with E-state index in [1.165, 1.54) is 99.3 Å². The molecule has 1 nitrogen and oxygen atoms in total. The van der Waals surface area contributed by atoms with Gasteiger partial charge >= 0.3 is 0 Å². The first kappa shape index (κ1) is 32.0. The molecule has 0 amide bonds. The van der Waals surface area contributed by atoms with Crippen LogP contribution in [0.5, 0.6) is 0 Å². The fourth-order valence-corrected chi connectivity index (χ4v) is 10.1. The van der Waals surface area contributed by atoms with E-state index < -0.39 is 0 Å². The highest BCUT2D eigenvalue weighted by Crippen LogP contribution is 2.55. The van der Waals surface area contributed by atoms with E-state index in [0.717, 1.165) is 5.69 Å². The first-order chi connectivity index (χ1) is 26.8. The molecule has 9 aromatic carbocycles. The number of fused-ring (bicyclic) bond motifs is 11. The van der Waals surface area contributed by atoms with Crippen molar-refractivity contribution in [1.29, 1.82) is 0 Å². The number of benzene rings is 9. The van der Waals surface area contributed by atoms with Crippen molar-refractivity contribution in [2.45, 2.75) is 38.5 Å². The van der Waals surface area contributed by atoms with Crippen LogP contribution in [0.1, 0.15) is 49.9 Å². The Morgan fingerprint density at radius 2 is 0.945 bits per heavy atom. The van der Waals surface area contributed by atoms with Gasteiger partial charge in [-0.2, -0.15) is 0 Å². The zero-order chi connectivity index (χ0) is 37.1. The van der Waals surface area contributed by atoms with E-state index in [9.17, 15) is 0 Å². The Balaban J connectivity index is 1.11. The Labute approximate surface area is 323 Å². The first-order valence-corrected chi connectivity index (χ1v) is 19.5. The molecule has 11 rings (SSSR count). The van der Waals surface area contributed by atoms with Crippen molar-refractivity contribution in [3.05, 3.63) is 198 Å².